The summed E-state index contributed by atoms with van der Waals surface area (Å²) in [5.41, 5.74) is 1.01. The molecular formula is C13H17BrFN5S. The SMILES string of the molecule is CCCNCCn1nnnc1SCc1ccc(F)cc1Br. The predicted octanol–water partition coefficient (Wildman–Crippen LogP) is 2.87. The van der Waals surface area contributed by atoms with Gasteiger partial charge in [-0.3, -0.25) is 0 Å². The van der Waals surface area contributed by atoms with Gasteiger partial charge in [0.25, 0.3) is 0 Å². The van der Waals surface area contributed by atoms with E-state index >= 15 is 0 Å². The zero-order chi connectivity index (χ0) is 15.1. The van der Waals surface area contributed by atoms with Crippen LogP contribution in [-0.2, 0) is 12.3 Å². The van der Waals surface area contributed by atoms with Gasteiger partial charge in [0.1, 0.15) is 5.82 Å². The zero-order valence-corrected chi connectivity index (χ0v) is 14.1. The number of tetrazole rings is 1. The topological polar surface area (TPSA) is 55.6 Å². The Bertz CT molecular complexity index is 577. The average Bonchev–Trinajstić information content (AvgIpc) is 2.90. The molecule has 1 aromatic heterocycles. The number of rotatable bonds is 8. The Labute approximate surface area is 135 Å². The maximum atomic E-state index is 13.0. The summed E-state index contributed by atoms with van der Waals surface area (Å²) in [6, 6.07) is 4.69. The van der Waals surface area contributed by atoms with Crippen molar-refractivity contribution in [2.45, 2.75) is 30.8 Å². The van der Waals surface area contributed by atoms with Crippen LogP contribution in [0, 0.1) is 5.82 Å². The summed E-state index contributed by atoms with van der Waals surface area (Å²) >= 11 is 4.90. The van der Waals surface area contributed by atoms with Crippen molar-refractivity contribution in [2.75, 3.05) is 13.1 Å². The van der Waals surface area contributed by atoms with Crippen LogP contribution in [0.3, 0.4) is 0 Å². The second kappa shape index (κ2) is 8.45. The number of hydrogen-bond donors (Lipinski definition) is 1. The Morgan fingerprint density at radius 2 is 2.24 bits per heavy atom. The average molecular weight is 374 g/mol. The Morgan fingerprint density at radius 3 is 3.00 bits per heavy atom. The van der Waals surface area contributed by atoms with Crippen molar-refractivity contribution in [1.82, 2.24) is 25.5 Å². The van der Waals surface area contributed by atoms with E-state index in [1.165, 1.54) is 23.9 Å². The van der Waals surface area contributed by atoms with Gasteiger partial charge in [0, 0.05) is 16.8 Å². The molecule has 21 heavy (non-hydrogen) atoms. The van der Waals surface area contributed by atoms with Crippen molar-refractivity contribution in [3.8, 4) is 0 Å². The number of benzene rings is 1. The lowest BCUT2D eigenvalue weighted by molar-refractivity contribution is 0.510. The van der Waals surface area contributed by atoms with E-state index in [-0.39, 0.29) is 5.82 Å². The lowest BCUT2D eigenvalue weighted by Crippen LogP contribution is -2.21. The first-order valence-electron chi connectivity index (χ1n) is 6.74. The van der Waals surface area contributed by atoms with Gasteiger partial charge in [0.05, 0.1) is 6.54 Å². The molecule has 5 nitrogen and oxygen atoms in total. The van der Waals surface area contributed by atoms with Crippen LogP contribution in [0.5, 0.6) is 0 Å². The molecule has 114 valence electrons. The molecule has 0 aliphatic carbocycles. The Balaban J connectivity index is 1.90. The standard InChI is InChI=1S/C13H17BrFN5S/c1-2-5-16-6-7-20-13(17-18-19-20)21-9-10-3-4-11(15)8-12(10)14/h3-4,8,16H,2,5-7,9H2,1H3. The largest absolute Gasteiger partial charge is 0.315 e. The van der Waals surface area contributed by atoms with Crippen molar-refractivity contribution >= 4 is 27.7 Å². The van der Waals surface area contributed by atoms with Crippen molar-refractivity contribution in [1.29, 1.82) is 0 Å². The van der Waals surface area contributed by atoms with Gasteiger partial charge in [-0.05, 0) is 41.1 Å². The highest BCUT2D eigenvalue weighted by atomic mass is 79.9. The predicted molar refractivity (Wildman–Crippen MR) is 84.6 cm³/mol. The minimum atomic E-state index is -0.248. The normalized spacial score (nSPS) is 11.0. The molecule has 8 heteroatoms. The first-order chi connectivity index (χ1) is 10.2. The Kier molecular flexibility index (Phi) is 6.59. The molecule has 0 bridgehead atoms. The zero-order valence-electron chi connectivity index (χ0n) is 11.7. The highest BCUT2D eigenvalue weighted by Crippen LogP contribution is 2.25. The van der Waals surface area contributed by atoms with Crippen LogP contribution < -0.4 is 5.32 Å². The summed E-state index contributed by atoms with van der Waals surface area (Å²) in [5.74, 6) is 0.436. The second-order valence-electron chi connectivity index (χ2n) is 4.46. The summed E-state index contributed by atoms with van der Waals surface area (Å²) < 4.78 is 15.6. The molecule has 1 aromatic carbocycles. The lowest BCUT2D eigenvalue weighted by Gasteiger charge is -2.06. The smallest absolute Gasteiger partial charge is 0.209 e. The minimum absolute atomic E-state index is 0.248. The van der Waals surface area contributed by atoms with Gasteiger partial charge in [-0.25, -0.2) is 9.07 Å². The van der Waals surface area contributed by atoms with Crippen LogP contribution in [0.4, 0.5) is 4.39 Å². The first kappa shape index (κ1) is 16.4. The summed E-state index contributed by atoms with van der Waals surface area (Å²) in [4.78, 5) is 0. The second-order valence-corrected chi connectivity index (χ2v) is 6.26. The molecule has 2 rings (SSSR count). The summed E-state index contributed by atoms with van der Waals surface area (Å²) in [5, 5.41) is 15.8. The minimum Gasteiger partial charge on any atom is -0.315 e. The van der Waals surface area contributed by atoms with E-state index in [1.807, 2.05) is 0 Å². The van der Waals surface area contributed by atoms with Gasteiger partial charge in [0.2, 0.25) is 5.16 Å². The number of nitrogens with one attached hydrogen (secondary N) is 1. The van der Waals surface area contributed by atoms with E-state index in [1.54, 1.807) is 10.7 Å². The van der Waals surface area contributed by atoms with Crippen LogP contribution in [0.2, 0.25) is 0 Å². The third-order valence-electron chi connectivity index (χ3n) is 2.80. The summed E-state index contributed by atoms with van der Waals surface area (Å²) in [7, 11) is 0. The van der Waals surface area contributed by atoms with Gasteiger partial charge in [-0.15, -0.1) is 5.10 Å². The van der Waals surface area contributed by atoms with E-state index in [9.17, 15) is 4.39 Å². The van der Waals surface area contributed by atoms with Crippen molar-refractivity contribution in [3.63, 3.8) is 0 Å². The number of thioether (sulfide) groups is 1. The van der Waals surface area contributed by atoms with E-state index in [0.29, 0.717) is 5.75 Å². The van der Waals surface area contributed by atoms with Crippen LogP contribution in [0.15, 0.2) is 27.8 Å². The molecule has 0 spiro atoms. The number of hydrogen-bond acceptors (Lipinski definition) is 5. The molecular weight excluding hydrogens is 357 g/mol. The number of aromatic nitrogens is 4. The Hall–Kier alpha value is -0.990. The van der Waals surface area contributed by atoms with Gasteiger partial charge in [-0.2, -0.15) is 0 Å². The van der Waals surface area contributed by atoms with Crippen LogP contribution >= 0.6 is 27.7 Å². The quantitative estimate of drug-likeness (QED) is 0.569. The third kappa shape index (κ3) is 5.05. The molecule has 1 heterocycles. The lowest BCUT2D eigenvalue weighted by atomic mass is 10.2. The molecule has 0 atom stereocenters. The van der Waals surface area contributed by atoms with Gasteiger partial charge in [0.15, 0.2) is 0 Å². The van der Waals surface area contributed by atoms with Gasteiger partial charge >= 0.3 is 0 Å². The molecule has 2 aromatic rings. The molecule has 0 amide bonds. The van der Waals surface area contributed by atoms with Crippen molar-refractivity contribution in [2.24, 2.45) is 0 Å². The molecule has 0 saturated carbocycles. The third-order valence-corrected chi connectivity index (χ3v) is 4.54. The van der Waals surface area contributed by atoms with E-state index in [0.717, 1.165) is 41.2 Å². The number of halogens is 2. The van der Waals surface area contributed by atoms with Crippen LogP contribution in [-0.4, -0.2) is 33.3 Å². The monoisotopic (exact) mass is 373 g/mol. The fraction of sp³-hybridized carbons (Fsp3) is 0.462. The molecule has 0 aliphatic heterocycles. The van der Waals surface area contributed by atoms with E-state index in [4.69, 9.17) is 0 Å². The Morgan fingerprint density at radius 1 is 1.38 bits per heavy atom. The van der Waals surface area contributed by atoms with Gasteiger partial charge < -0.3 is 5.32 Å². The van der Waals surface area contributed by atoms with E-state index in [2.05, 4.69) is 43.7 Å². The van der Waals surface area contributed by atoms with Gasteiger partial charge in [-0.1, -0.05) is 40.7 Å². The summed E-state index contributed by atoms with van der Waals surface area (Å²) in [6.07, 6.45) is 1.11. The van der Waals surface area contributed by atoms with Crippen molar-refractivity contribution < 1.29 is 4.39 Å². The summed E-state index contributed by atoms with van der Waals surface area (Å²) in [6.45, 7) is 4.70. The molecule has 0 fully saturated rings. The van der Waals surface area contributed by atoms with Crippen LogP contribution in [0.25, 0.3) is 0 Å². The highest BCUT2D eigenvalue weighted by molar-refractivity contribution is 9.10. The fourth-order valence-corrected chi connectivity index (χ4v) is 3.29. The fourth-order valence-electron chi connectivity index (χ4n) is 1.71. The molecule has 0 radical (unpaired) electrons. The molecule has 1 N–H and O–H groups in total. The first-order valence-corrected chi connectivity index (χ1v) is 8.52. The maximum absolute atomic E-state index is 13.0. The molecule has 0 unspecified atom stereocenters. The molecule has 0 saturated heterocycles. The van der Waals surface area contributed by atoms with E-state index < -0.39 is 0 Å². The molecule has 0 aliphatic rings. The van der Waals surface area contributed by atoms with Crippen molar-refractivity contribution in [3.05, 3.63) is 34.1 Å². The maximum Gasteiger partial charge on any atom is 0.209 e. The number of nitrogens with zero attached hydrogens (tertiary/aromatic N) is 4. The highest BCUT2D eigenvalue weighted by Gasteiger charge is 2.08. The van der Waals surface area contributed by atoms with Crippen LogP contribution in [0.1, 0.15) is 18.9 Å².